The zero-order chi connectivity index (χ0) is 28.3. The lowest BCUT2D eigenvalue weighted by Gasteiger charge is -2.43. The van der Waals surface area contributed by atoms with Gasteiger partial charge in [0.05, 0.1) is 18.1 Å². The molecule has 206 valence electrons. The van der Waals surface area contributed by atoms with Gasteiger partial charge in [-0.1, -0.05) is 24.3 Å². The lowest BCUT2D eigenvalue weighted by Crippen LogP contribution is -2.59. The highest BCUT2D eigenvalue weighted by Gasteiger charge is 2.53. The first-order valence-electron chi connectivity index (χ1n) is 12.4. The van der Waals surface area contributed by atoms with Gasteiger partial charge >= 0.3 is 12.0 Å². The first kappa shape index (κ1) is 27.4. The summed E-state index contributed by atoms with van der Waals surface area (Å²) in [6.45, 7) is 2.19. The summed E-state index contributed by atoms with van der Waals surface area (Å²) in [5.41, 5.74) is 0.266. The molecule has 13 heteroatoms. The predicted octanol–water partition coefficient (Wildman–Crippen LogP) is 1.57. The lowest BCUT2D eigenvalue weighted by atomic mass is 9.85. The van der Waals surface area contributed by atoms with Crippen LogP contribution >= 0.6 is 0 Å². The molecular weight excluding hydrogens is 508 g/mol. The molecule has 13 nitrogen and oxygen atoms in total. The van der Waals surface area contributed by atoms with Gasteiger partial charge in [-0.15, -0.1) is 0 Å². The largest absolute Gasteiger partial charge is 0.480 e. The fourth-order valence-corrected chi connectivity index (χ4v) is 5.09. The molecule has 1 atom stereocenters. The number of urea groups is 1. The number of hydrogen-bond donors (Lipinski definition) is 3. The van der Waals surface area contributed by atoms with Gasteiger partial charge in [-0.25, -0.2) is 9.59 Å². The van der Waals surface area contributed by atoms with Gasteiger partial charge in [0.2, 0.25) is 5.91 Å². The van der Waals surface area contributed by atoms with Crippen molar-refractivity contribution >= 4 is 35.2 Å². The summed E-state index contributed by atoms with van der Waals surface area (Å²) >= 11 is 0. The number of anilines is 1. The lowest BCUT2D eigenvalue weighted by molar-refractivity contribution is -0.384. The Balaban J connectivity index is 1.37. The molecule has 2 aromatic rings. The van der Waals surface area contributed by atoms with E-state index in [4.69, 9.17) is 0 Å². The Morgan fingerprint density at radius 2 is 1.79 bits per heavy atom. The average Bonchev–Trinajstić information content (AvgIpc) is 3.16. The van der Waals surface area contributed by atoms with E-state index in [1.807, 2.05) is 30.3 Å². The monoisotopic (exact) mass is 538 g/mol. The SMILES string of the molecule is Cc1ccc([N+](=O)[O-])cc1C(=O)NC(CNC(=O)N1CCC2(CC1)C(=O)N(C)CN2c1ccccc1)C(=O)O. The molecule has 2 aromatic carbocycles. The maximum atomic E-state index is 13.2. The maximum absolute atomic E-state index is 13.2. The van der Waals surface area contributed by atoms with Crippen molar-refractivity contribution in [2.45, 2.75) is 31.3 Å². The molecule has 0 bridgehead atoms. The average molecular weight is 539 g/mol. The van der Waals surface area contributed by atoms with Crippen LogP contribution in [0.1, 0.15) is 28.8 Å². The molecular formula is C26H30N6O7. The topological polar surface area (TPSA) is 165 Å². The zero-order valence-electron chi connectivity index (χ0n) is 21.6. The minimum Gasteiger partial charge on any atom is -0.480 e. The van der Waals surface area contributed by atoms with Gasteiger partial charge in [0.25, 0.3) is 11.6 Å². The van der Waals surface area contributed by atoms with E-state index in [9.17, 15) is 34.4 Å². The smallest absolute Gasteiger partial charge is 0.328 e. The summed E-state index contributed by atoms with van der Waals surface area (Å²) in [7, 11) is 1.75. The van der Waals surface area contributed by atoms with E-state index in [0.29, 0.717) is 25.1 Å². The summed E-state index contributed by atoms with van der Waals surface area (Å²) in [5.74, 6) is -2.18. The van der Waals surface area contributed by atoms with Crippen LogP contribution in [0.3, 0.4) is 0 Å². The summed E-state index contributed by atoms with van der Waals surface area (Å²) in [6.07, 6.45) is 0.813. The van der Waals surface area contributed by atoms with Gasteiger partial charge < -0.3 is 30.4 Å². The number of likely N-dealkylation sites (N-methyl/N-ethyl adjacent to an activating group) is 1. The number of aliphatic carboxylic acids is 1. The fourth-order valence-electron chi connectivity index (χ4n) is 5.09. The van der Waals surface area contributed by atoms with Crippen molar-refractivity contribution in [3.05, 3.63) is 69.8 Å². The number of carboxylic acids is 1. The van der Waals surface area contributed by atoms with Gasteiger partial charge in [0.1, 0.15) is 11.6 Å². The van der Waals surface area contributed by atoms with Crippen LogP contribution in [-0.4, -0.2) is 88.6 Å². The third-order valence-electron chi connectivity index (χ3n) is 7.30. The summed E-state index contributed by atoms with van der Waals surface area (Å²) in [5, 5.41) is 25.5. The molecule has 0 saturated carbocycles. The van der Waals surface area contributed by atoms with Crippen LogP contribution in [0.4, 0.5) is 16.2 Å². The van der Waals surface area contributed by atoms with Crippen LogP contribution in [0.25, 0.3) is 0 Å². The van der Waals surface area contributed by atoms with Gasteiger partial charge in [-0.3, -0.25) is 19.7 Å². The molecule has 2 aliphatic heterocycles. The van der Waals surface area contributed by atoms with E-state index in [1.165, 1.54) is 17.0 Å². The number of non-ortho nitro benzene ring substituents is 1. The summed E-state index contributed by atoms with van der Waals surface area (Å²) < 4.78 is 0. The van der Waals surface area contributed by atoms with Crippen LogP contribution in [0.5, 0.6) is 0 Å². The molecule has 1 spiro atoms. The number of rotatable bonds is 7. The number of hydrogen-bond acceptors (Lipinski definition) is 7. The normalized spacial score (nSPS) is 17.2. The second kappa shape index (κ2) is 11.0. The first-order valence-corrected chi connectivity index (χ1v) is 12.4. The highest BCUT2D eigenvalue weighted by molar-refractivity contribution is 5.98. The van der Waals surface area contributed by atoms with Crippen LogP contribution in [0.2, 0.25) is 0 Å². The molecule has 2 aliphatic rings. The number of benzene rings is 2. The highest BCUT2D eigenvalue weighted by Crippen LogP contribution is 2.38. The van der Waals surface area contributed by atoms with Crippen LogP contribution in [0.15, 0.2) is 48.5 Å². The van der Waals surface area contributed by atoms with Crippen molar-refractivity contribution in [1.29, 1.82) is 0 Å². The Kier molecular flexibility index (Phi) is 7.70. The van der Waals surface area contributed by atoms with E-state index < -0.39 is 41.0 Å². The Hall–Kier alpha value is -4.68. The fraction of sp³-hybridized carbons (Fsp3) is 0.385. The molecule has 4 amide bonds. The molecule has 4 rings (SSSR count). The molecule has 1 unspecified atom stereocenters. The summed E-state index contributed by atoms with van der Waals surface area (Å²) in [4.78, 5) is 66.2. The number of likely N-dealkylation sites (tertiary alicyclic amines) is 1. The number of piperidine rings is 1. The Bertz CT molecular complexity index is 1290. The van der Waals surface area contributed by atoms with Crippen molar-refractivity contribution in [2.75, 3.05) is 38.3 Å². The number of amides is 4. The third kappa shape index (κ3) is 5.47. The number of nitro groups is 1. The minimum absolute atomic E-state index is 0.00323. The number of nitrogens with zero attached hydrogens (tertiary/aromatic N) is 4. The summed E-state index contributed by atoms with van der Waals surface area (Å²) in [6, 6.07) is 11.4. The number of aryl methyl sites for hydroxylation is 1. The number of carboxylic acid groups (broad SMARTS) is 1. The van der Waals surface area contributed by atoms with Crippen molar-refractivity contribution in [3.8, 4) is 0 Å². The molecule has 0 radical (unpaired) electrons. The van der Waals surface area contributed by atoms with Crippen molar-refractivity contribution in [3.63, 3.8) is 0 Å². The number of carbonyl (C=O) groups is 4. The van der Waals surface area contributed by atoms with Gasteiger partial charge in [0.15, 0.2) is 0 Å². The van der Waals surface area contributed by atoms with E-state index in [2.05, 4.69) is 15.5 Å². The molecule has 2 saturated heterocycles. The van der Waals surface area contributed by atoms with Gasteiger partial charge in [-0.2, -0.15) is 0 Å². The van der Waals surface area contributed by atoms with Crippen LogP contribution in [0, 0.1) is 17.0 Å². The predicted molar refractivity (Wildman–Crippen MR) is 140 cm³/mol. The van der Waals surface area contributed by atoms with Crippen molar-refractivity contribution in [2.24, 2.45) is 0 Å². The first-order chi connectivity index (χ1) is 18.5. The molecule has 0 aromatic heterocycles. The standard InChI is InChI=1S/C26H30N6O7/c1-17-8-9-19(32(38)39)14-20(17)22(33)28-21(23(34)35)15-27-25(37)30-12-10-26(11-13-30)24(36)29(2)16-31(26)18-6-4-3-5-7-18/h3-9,14,21H,10-13,15-16H2,1-2H3,(H,27,37)(H,28,33)(H,34,35). The second-order valence-electron chi connectivity index (χ2n) is 9.73. The van der Waals surface area contributed by atoms with E-state index in [1.54, 1.807) is 18.9 Å². The quantitative estimate of drug-likeness (QED) is 0.353. The van der Waals surface area contributed by atoms with E-state index in [-0.39, 0.29) is 30.2 Å². The van der Waals surface area contributed by atoms with Crippen LogP contribution in [-0.2, 0) is 9.59 Å². The number of nitro benzene ring substituents is 1. The number of carbonyl (C=O) groups excluding carboxylic acids is 3. The molecule has 3 N–H and O–H groups in total. The minimum atomic E-state index is -1.46. The second-order valence-corrected chi connectivity index (χ2v) is 9.73. The highest BCUT2D eigenvalue weighted by atomic mass is 16.6. The van der Waals surface area contributed by atoms with E-state index in [0.717, 1.165) is 11.8 Å². The molecule has 39 heavy (non-hydrogen) atoms. The van der Waals surface area contributed by atoms with E-state index >= 15 is 0 Å². The maximum Gasteiger partial charge on any atom is 0.328 e. The number of nitrogens with one attached hydrogen (secondary N) is 2. The molecule has 2 fully saturated rings. The Morgan fingerprint density at radius 3 is 2.41 bits per heavy atom. The van der Waals surface area contributed by atoms with Crippen LogP contribution < -0.4 is 15.5 Å². The van der Waals surface area contributed by atoms with Gasteiger partial charge in [0, 0.05) is 43.5 Å². The van der Waals surface area contributed by atoms with Crippen molar-refractivity contribution in [1.82, 2.24) is 20.4 Å². The Labute approximate surface area is 224 Å². The van der Waals surface area contributed by atoms with Gasteiger partial charge in [-0.05, 0) is 37.5 Å². The Morgan fingerprint density at radius 1 is 1.13 bits per heavy atom. The zero-order valence-corrected chi connectivity index (χ0v) is 21.6. The molecule has 0 aliphatic carbocycles. The molecule has 2 heterocycles. The number of para-hydroxylation sites is 1. The van der Waals surface area contributed by atoms with Crippen molar-refractivity contribution < 1.29 is 29.2 Å². The third-order valence-corrected chi connectivity index (χ3v) is 7.30.